The highest BCUT2D eigenvalue weighted by molar-refractivity contribution is 7.15. The Morgan fingerprint density at radius 3 is 2.64 bits per heavy atom. The number of hydrogen-bond acceptors (Lipinski definition) is 6. The molecule has 1 aromatic heterocycles. The fraction of sp³-hybridized carbons (Fsp3) is 0.500. The summed E-state index contributed by atoms with van der Waals surface area (Å²) in [4.78, 5) is 12.4. The third-order valence-electron chi connectivity index (χ3n) is 4.59. The number of aromatic nitrogens is 2. The van der Waals surface area contributed by atoms with Crippen LogP contribution in [0.1, 0.15) is 60.0 Å². The molecule has 1 aliphatic heterocycles. The molecule has 1 aliphatic carbocycles. The predicted octanol–water partition coefficient (Wildman–Crippen LogP) is 3.96. The molecule has 7 heteroatoms. The van der Waals surface area contributed by atoms with Crippen molar-refractivity contribution in [3.8, 4) is 5.75 Å². The number of rotatable bonds is 5. The van der Waals surface area contributed by atoms with Crippen LogP contribution < -0.4 is 10.1 Å². The molecule has 2 aromatic rings. The zero-order chi connectivity index (χ0) is 17.1. The van der Waals surface area contributed by atoms with E-state index in [9.17, 15) is 4.79 Å². The molecule has 0 spiro atoms. The van der Waals surface area contributed by atoms with E-state index in [0.717, 1.165) is 43.0 Å². The number of amides is 1. The molecule has 25 heavy (non-hydrogen) atoms. The molecule has 1 amide bonds. The van der Waals surface area contributed by atoms with Crippen LogP contribution >= 0.6 is 11.3 Å². The largest absolute Gasteiger partial charge is 0.490 e. The van der Waals surface area contributed by atoms with Crippen LogP contribution in [0.2, 0.25) is 0 Å². The van der Waals surface area contributed by atoms with Crippen LogP contribution in [0, 0.1) is 0 Å². The van der Waals surface area contributed by atoms with E-state index in [4.69, 9.17) is 9.47 Å². The Balaban J connectivity index is 1.35. The summed E-state index contributed by atoms with van der Waals surface area (Å²) in [5, 5.41) is 12.3. The van der Waals surface area contributed by atoms with E-state index in [1.807, 2.05) is 12.1 Å². The van der Waals surface area contributed by atoms with Crippen LogP contribution in [-0.4, -0.2) is 28.8 Å². The molecule has 2 aliphatic rings. The monoisotopic (exact) mass is 359 g/mol. The number of carbonyl (C=O) groups is 1. The first kappa shape index (κ1) is 16.5. The van der Waals surface area contributed by atoms with Crippen molar-refractivity contribution in [2.45, 2.75) is 50.7 Å². The van der Waals surface area contributed by atoms with Crippen molar-refractivity contribution in [3.63, 3.8) is 0 Å². The lowest BCUT2D eigenvalue weighted by atomic mass is 10.2. The van der Waals surface area contributed by atoms with Gasteiger partial charge in [0.1, 0.15) is 16.9 Å². The van der Waals surface area contributed by atoms with Crippen LogP contribution in [-0.2, 0) is 4.74 Å². The lowest BCUT2D eigenvalue weighted by Crippen LogP contribution is -2.13. The summed E-state index contributed by atoms with van der Waals surface area (Å²) in [7, 11) is 0. The minimum atomic E-state index is -0.192. The molecule has 1 saturated heterocycles. The van der Waals surface area contributed by atoms with Gasteiger partial charge in [0.15, 0.2) is 0 Å². The summed E-state index contributed by atoms with van der Waals surface area (Å²) >= 11 is 1.37. The fourth-order valence-electron chi connectivity index (χ4n) is 3.24. The standard InChI is InChI=1S/C18H21N3O3S/c22-16(19-18-21-20-17(25-18)15-6-3-11-23-15)12-7-9-14(10-8-12)24-13-4-1-2-5-13/h7-10,13,15H,1-6,11H2,(H,19,21,22). The normalized spacial score (nSPS) is 20.7. The Morgan fingerprint density at radius 2 is 1.92 bits per heavy atom. The molecule has 2 heterocycles. The zero-order valence-corrected chi connectivity index (χ0v) is 14.8. The Hall–Kier alpha value is -1.99. The third-order valence-corrected chi connectivity index (χ3v) is 5.52. The molecule has 132 valence electrons. The second-order valence-corrected chi connectivity index (χ2v) is 7.46. The molecule has 2 fully saturated rings. The van der Waals surface area contributed by atoms with Gasteiger partial charge in [-0.2, -0.15) is 0 Å². The van der Waals surface area contributed by atoms with Gasteiger partial charge in [-0.25, -0.2) is 0 Å². The Morgan fingerprint density at radius 1 is 1.12 bits per heavy atom. The van der Waals surface area contributed by atoms with E-state index >= 15 is 0 Å². The van der Waals surface area contributed by atoms with E-state index in [1.54, 1.807) is 12.1 Å². The summed E-state index contributed by atoms with van der Waals surface area (Å²) in [6, 6.07) is 7.26. The van der Waals surface area contributed by atoms with Gasteiger partial charge in [-0.05, 0) is 62.8 Å². The lowest BCUT2D eigenvalue weighted by molar-refractivity contribution is 0.102. The smallest absolute Gasteiger partial charge is 0.257 e. The number of nitrogens with zero attached hydrogens (tertiary/aromatic N) is 2. The highest BCUT2D eigenvalue weighted by atomic mass is 32.1. The highest BCUT2D eigenvalue weighted by Gasteiger charge is 2.22. The third kappa shape index (κ3) is 3.99. The number of ether oxygens (including phenoxy) is 2. The minimum absolute atomic E-state index is 0.0233. The average molecular weight is 359 g/mol. The van der Waals surface area contributed by atoms with Gasteiger partial charge in [0, 0.05) is 12.2 Å². The molecule has 0 radical (unpaired) electrons. The summed E-state index contributed by atoms with van der Waals surface area (Å²) < 4.78 is 11.5. The number of carbonyl (C=O) groups excluding carboxylic acids is 1. The van der Waals surface area contributed by atoms with Crippen molar-refractivity contribution < 1.29 is 14.3 Å². The molecular formula is C18H21N3O3S. The molecule has 4 rings (SSSR count). The van der Waals surface area contributed by atoms with Gasteiger partial charge < -0.3 is 9.47 Å². The average Bonchev–Trinajstić information content (AvgIpc) is 3.38. The minimum Gasteiger partial charge on any atom is -0.490 e. The van der Waals surface area contributed by atoms with Gasteiger partial charge in [-0.3, -0.25) is 10.1 Å². The maximum atomic E-state index is 12.4. The summed E-state index contributed by atoms with van der Waals surface area (Å²) in [5.74, 6) is 0.627. The van der Waals surface area contributed by atoms with Crippen LogP contribution in [0.4, 0.5) is 5.13 Å². The van der Waals surface area contributed by atoms with Gasteiger partial charge in [0.25, 0.3) is 5.91 Å². The first-order valence-corrected chi connectivity index (χ1v) is 9.63. The SMILES string of the molecule is O=C(Nc1nnc(C2CCCO2)s1)c1ccc(OC2CCCC2)cc1. The maximum absolute atomic E-state index is 12.4. The van der Waals surface area contributed by atoms with Crippen LogP contribution in [0.25, 0.3) is 0 Å². The molecule has 0 bridgehead atoms. The van der Waals surface area contributed by atoms with E-state index in [1.165, 1.54) is 24.2 Å². The zero-order valence-electron chi connectivity index (χ0n) is 13.9. The predicted molar refractivity (Wildman–Crippen MR) is 95.1 cm³/mol. The summed E-state index contributed by atoms with van der Waals surface area (Å²) in [5.41, 5.74) is 0.577. The Bertz CT molecular complexity index is 719. The van der Waals surface area contributed by atoms with Gasteiger partial charge in [0.05, 0.1) is 6.10 Å². The topological polar surface area (TPSA) is 73.3 Å². The van der Waals surface area contributed by atoms with Crippen molar-refractivity contribution in [2.75, 3.05) is 11.9 Å². The maximum Gasteiger partial charge on any atom is 0.257 e. The van der Waals surface area contributed by atoms with Gasteiger partial charge in [0.2, 0.25) is 5.13 Å². The van der Waals surface area contributed by atoms with Crippen molar-refractivity contribution in [1.29, 1.82) is 0 Å². The fourth-order valence-corrected chi connectivity index (χ4v) is 4.06. The van der Waals surface area contributed by atoms with Crippen molar-refractivity contribution in [1.82, 2.24) is 10.2 Å². The number of nitrogens with one attached hydrogen (secondary N) is 1. The molecule has 1 atom stereocenters. The second kappa shape index (κ2) is 7.49. The Kier molecular flexibility index (Phi) is 4.94. The van der Waals surface area contributed by atoms with E-state index < -0.39 is 0 Å². The first-order valence-electron chi connectivity index (χ1n) is 8.81. The molecule has 1 unspecified atom stereocenters. The van der Waals surface area contributed by atoms with E-state index in [-0.39, 0.29) is 12.0 Å². The summed E-state index contributed by atoms with van der Waals surface area (Å²) in [6.07, 6.45) is 7.06. The molecular weight excluding hydrogens is 338 g/mol. The van der Waals surface area contributed by atoms with Crippen LogP contribution in [0.15, 0.2) is 24.3 Å². The van der Waals surface area contributed by atoms with Crippen LogP contribution in [0.5, 0.6) is 5.75 Å². The van der Waals surface area contributed by atoms with Crippen molar-refractivity contribution in [2.24, 2.45) is 0 Å². The van der Waals surface area contributed by atoms with Gasteiger partial charge in [-0.15, -0.1) is 10.2 Å². The molecule has 1 N–H and O–H groups in total. The van der Waals surface area contributed by atoms with Crippen LogP contribution in [0.3, 0.4) is 0 Å². The summed E-state index contributed by atoms with van der Waals surface area (Å²) in [6.45, 7) is 0.765. The first-order chi connectivity index (χ1) is 12.3. The van der Waals surface area contributed by atoms with Crippen molar-refractivity contribution >= 4 is 22.4 Å². The number of hydrogen-bond donors (Lipinski definition) is 1. The van der Waals surface area contributed by atoms with E-state index in [0.29, 0.717) is 16.8 Å². The quantitative estimate of drug-likeness (QED) is 0.874. The van der Waals surface area contributed by atoms with Crippen molar-refractivity contribution in [3.05, 3.63) is 34.8 Å². The number of anilines is 1. The molecule has 1 aromatic carbocycles. The molecule has 1 saturated carbocycles. The second-order valence-electron chi connectivity index (χ2n) is 6.45. The number of benzene rings is 1. The molecule has 6 nitrogen and oxygen atoms in total. The Labute approximate surface area is 150 Å². The van der Waals surface area contributed by atoms with E-state index in [2.05, 4.69) is 15.5 Å². The van der Waals surface area contributed by atoms with Gasteiger partial charge in [-0.1, -0.05) is 11.3 Å². The van der Waals surface area contributed by atoms with Gasteiger partial charge >= 0.3 is 0 Å². The highest BCUT2D eigenvalue weighted by Crippen LogP contribution is 2.32. The lowest BCUT2D eigenvalue weighted by Gasteiger charge is -2.13.